The van der Waals surface area contributed by atoms with E-state index in [9.17, 15) is 9.59 Å². The molecule has 6 heteroatoms. The maximum absolute atomic E-state index is 11.8. The first kappa shape index (κ1) is 17.8. The standard InChI is InChI=1S/C15H28N2O4/c1-11(14(18)19)10-17(2)15(20)16-9-8-12-4-6-13(21-3)7-5-12/h11-13H,4-10H2,1-3H3,(H,16,20)(H,18,19). The Bertz CT molecular complexity index is 341. The van der Waals surface area contributed by atoms with E-state index >= 15 is 0 Å². The average molecular weight is 300 g/mol. The van der Waals surface area contributed by atoms with Crippen LogP contribution in [0.3, 0.4) is 0 Å². The van der Waals surface area contributed by atoms with E-state index in [0.717, 1.165) is 32.1 Å². The number of urea groups is 1. The van der Waals surface area contributed by atoms with Crippen molar-refractivity contribution in [1.29, 1.82) is 0 Å². The van der Waals surface area contributed by atoms with Gasteiger partial charge < -0.3 is 20.1 Å². The van der Waals surface area contributed by atoms with Gasteiger partial charge in [0.25, 0.3) is 0 Å². The van der Waals surface area contributed by atoms with E-state index in [1.165, 1.54) is 4.90 Å². The van der Waals surface area contributed by atoms with Crippen molar-refractivity contribution in [2.75, 3.05) is 27.2 Å². The summed E-state index contributed by atoms with van der Waals surface area (Å²) in [5.74, 6) is -0.783. The molecule has 1 aliphatic carbocycles. The Labute approximate surface area is 126 Å². The summed E-state index contributed by atoms with van der Waals surface area (Å²) in [5, 5.41) is 11.7. The highest BCUT2D eigenvalue weighted by Gasteiger charge is 2.21. The number of carbonyl (C=O) groups excluding carboxylic acids is 1. The van der Waals surface area contributed by atoms with E-state index < -0.39 is 11.9 Å². The number of aliphatic carboxylic acids is 1. The molecular formula is C15H28N2O4. The van der Waals surface area contributed by atoms with Crippen molar-refractivity contribution in [3.63, 3.8) is 0 Å². The molecule has 0 heterocycles. The van der Waals surface area contributed by atoms with Gasteiger partial charge in [-0.1, -0.05) is 6.92 Å². The smallest absolute Gasteiger partial charge is 0.317 e. The van der Waals surface area contributed by atoms with Crippen LogP contribution in [0.1, 0.15) is 39.0 Å². The average Bonchev–Trinajstić information content (AvgIpc) is 2.47. The zero-order valence-corrected chi connectivity index (χ0v) is 13.3. The summed E-state index contributed by atoms with van der Waals surface area (Å²) in [5.41, 5.74) is 0. The zero-order valence-electron chi connectivity index (χ0n) is 13.3. The maximum atomic E-state index is 11.8. The Morgan fingerprint density at radius 2 is 1.95 bits per heavy atom. The molecule has 1 fully saturated rings. The largest absolute Gasteiger partial charge is 0.481 e. The highest BCUT2D eigenvalue weighted by Crippen LogP contribution is 2.27. The fourth-order valence-electron chi connectivity index (χ4n) is 2.75. The lowest BCUT2D eigenvalue weighted by Gasteiger charge is -2.28. The molecule has 0 spiro atoms. The monoisotopic (exact) mass is 300 g/mol. The number of hydrogen-bond donors (Lipinski definition) is 2. The van der Waals surface area contributed by atoms with Crippen LogP contribution in [0.4, 0.5) is 4.79 Å². The van der Waals surface area contributed by atoms with Gasteiger partial charge >= 0.3 is 12.0 Å². The molecule has 0 aliphatic heterocycles. The van der Waals surface area contributed by atoms with Gasteiger partial charge in [-0.15, -0.1) is 0 Å². The van der Waals surface area contributed by atoms with Gasteiger partial charge in [-0.25, -0.2) is 4.79 Å². The molecular weight excluding hydrogens is 272 g/mol. The zero-order chi connectivity index (χ0) is 15.8. The van der Waals surface area contributed by atoms with Crippen LogP contribution < -0.4 is 5.32 Å². The molecule has 1 atom stereocenters. The molecule has 0 aromatic rings. The lowest BCUT2D eigenvalue weighted by atomic mass is 9.85. The minimum Gasteiger partial charge on any atom is -0.481 e. The number of methoxy groups -OCH3 is 1. The van der Waals surface area contributed by atoms with Crippen LogP contribution in [0.25, 0.3) is 0 Å². The van der Waals surface area contributed by atoms with Crippen LogP contribution in [0.5, 0.6) is 0 Å². The Kier molecular flexibility index (Phi) is 7.50. The molecule has 0 radical (unpaired) electrons. The number of carboxylic acids is 1. The van der Waals surface area contributed by atoms with E-state index in [1.54, 1.807) is 21.1 Å². The Morgan fingerprint density at radius 3 is 2.48 bits per heavy atom. The highest BCUT2D eigenvalue weighted by atomic mass is 16.5. The van der Waals surface area contributed by atoms with Gasteiger partial charge in [0.15, 0.2) is 0 Å². The third-order valence-electron chi connectivity index (χ3n) is 4.27. The third-order valence-corrected chi connectivity index (χ3v) is 4.27. The van der Waals surface area contributed by atoms with Crippen molar-refractivity contribution in [1.82, 2.24) is 10.2 Å². The van der Waals surface area contributed by atoms with E-state index in [0.29, 0.717) is 18.6 Å². The molecule has 1 saturated carbocycles. The maximum Gasteiger partial charge on any atom is 0.317 e. The van der Waals surface area contributed by atoms with Crippen molar-refractivity contribution < 1.29 is 19.4 Å². The van der Waals surface area contributed by atoms with Gasteiger partial charge in [0.1, 0.15) is 0 Å². The molecule has 0 aromatic carbocycles. The molecule has 2 N–H and O–H groups in total. The van der Waals surface area contributed by atoms with E-state index in [-0.39, 0.29) is 12.6 Å². The number of nitrogens with zero attached hydrogens (tertiary/aromatic N) is 1. The van der Waals surface area contributed by atoms with Crippen molar-refractivity contribution in [2.45, 2.75) is 45.1 Å². The quantitative estimate of drug-likeness (QED) is 0.753. The third kappa shape index (κ3) is 6.33. The summed E-state index contributed by atoms with van der Waals surface area (Å²) in [6, 6.07) is -0.200. The van der Waals surface area contributed by atoms with Crippen LogP contribution in [0, 0.1) is 11.8 Å². The second kappa shape index (κ2) is 8.87. The van der Waals surface area contributed by atoms with Crippen LogP contribution in [0.2, 0.25) is 0 Å². The highest BCUT2D eigenvalue weighted by molar-refractivity contribution is 5.75. The van der Waals surface area contributed by atoms with E-state index in [1.807, 2.05) is 0 Å². The van der Waals surface area contributed by atoms with E-state index in [2.05, 4.69) is 5.32 Å². The van der Waals surface area contributed by atoms with Gasteiger partial charge in [-0.05, 0) is 38.0 Å². The topological polar surface area (TPSA) is 78.9 Å². The molecule has 1 aliphatic rings. The molecule has 21 heavy (non-hydrogen) atoms. The van der Waals surface area contributed by atoms with Crippen LogP contribution >= 0.6 is 0 Å². The number of carbonyl (C=O) groups is 2. The molecule has 122 valence electrons. The van der Waals surface area contributed by atoms with Gasteiger partial charge in [-0.2, -0.15) is 0 Å². The van der Waals surface area contributed by atoms with Crippen LogP contribution in [0.15, 0.2) is 0 Å². The Hall–Kier alpha value is -1.30. The number of carboxylic acid groups (broad SMARTS) is 1. The van der Waals surface area contributed by atoms with Crippen LogP contribution in [-0.2, 0) is 9.53 Å². The second-order valence-corrected chi connectivity index (χ2v) is 6.02. The minimum atomic E-state index is -0.885. The van der Waals surface area contributed by atoms with Gasteiger partial charge in [0.05, 0.1) is 12.0 Å². The summed E-state index contributed by atoms with van der Waals surface area (Å²) >= 11 is 0. The number of ether oxygens (including phenoxy) is 1. The predicted molar refractivity (Wildman–Crippen MR) is 80.2 cm³/mol. The fraction of sp³-hybridized carbons (Fsp3) is 0.867. The lowest BCUT2D eigenvalue weighted by molar-refractivity contribution is -0.141. The van der Waals surface area contributed by atoms with Crippen molar-refractivity contribution in [3.8, 4) is 0 Å². The van der Waals surface area contributed by atoms with E-state index in [4.69, 9.17) is 9.84 Å². The fourth-order valence-corrected chi connectivity index (χ4v) is 2.75. The van der Waals surface area contributed by atoms with Crippen LogP contribution in [-0.4, -0.2) is 55.4 Å². The normalized spacial score (nSPS) is 23.4. The molecule has 2 amide bonds. The van der Waals surface area contributed by atoms with Gasteiger partial charge in [0.2, 0.25) is 0 Å². The molecule has 0 bridgehead atoms. The summed E-state index contributed by atoms with van der Waals surface area (Å²) in [6.45, 7) is 2.47. The number of nitrogens with one attached hydrogen (secondary N) is 1. The molecule has 6 nitrogen and oxygen atoms in total. The predicted octanol–water partition coefficient (Wildman–Crippen LogP) is 1.94. The lowest BCUT2D eigenvalue weighted by Crippen LogP contribution is -2.41. The number of rotatable bonds is 7. The summed E-state index contributed by atoms with van der Waals surface area (Å²) in [7, 11) is 3.39. The summed E-state index contributed by atoms with van der Waals surface area (Å²) in [6.07, 6.45) is 5.89. The van der Waals surface area contributed by atoms with Crippen molar-refractivity contribution >= 4 is 12.0 Å². The van der Waals surface area contributed by atoms with Gasteiger partial charge in [0, 0.05) is 27.2 Å². The first-order valence-electron chi connectivity index (χ1n) is 7.68. The van der Waals surface area contributed by atoms with Crippen molar-refractivity contribution in [3.05, 3.63) is 0 Å². The van der Waals surface area contributed by atoms with Gasteiger partial charge in [-0.3, -0.25) is 4.79 Å². The van der Waals surface area contributed by atoms with Crippen molar-refractivity contribution in [2.24, 2.45) is 11.8 Å². The summed E-state index contributed by atoms with van der Waals surface area (Å²) < 4.78 is 5.35. The first-order valence-corrected chi connectivity index (χ1v) is 7.68. The first-order chi connectivity index (χ1) is 9.93. The molecule has 1 rings (SSSR count). The SMILES string of the molecule is COC1CCC(CCNC(=O)N(C)CC(C)C(=O)O)CC1. The second-order valence-electron chi connectivity index (χ2n) is 6.02. The molecule has 1 unspecified atom stereocenters. The number of hydrogen-bond acceptors (Lipinski definition) is 3. The summed E-state index contributed by atoms with van der Waals surface area (Å²) in [4.78, 5) is 24.0. The minimum absolute atomic E-state index is 0.200. The number of amides is 2. The molecule has 0 saturated heterocycles. The Balaban J connectivity index is 2.17. The molecule has 0 aromatic heterocycles. The Morgan fingerprint density at radius 1 is 1.33 bits per heavy atom.